The number of benzene rings is 1. The number of rotatable bonds is 0. The maximum atomic E-state index is 11.4. The van der Waals surface area contributed by atoms with Crippen molar-refractivity contribution >= 4 is 16.7 Å². The second kappa shape index (κ2) is 2.96. The smallest absolute Gasteiger partial charge is 0.152 e. The first kappa shape index (κ1) is 8.72. The van der Waals surface area contributed by atoms with E-state index in [9.17, 15) is 4.79 Å². The van der Waals surface area contributed by atoms with E-state index in [1.54, 1.807) is 0 Å². The highest BCUT2D eigenvalue weighted by molar-refractivity contribution is 5.87. The molecule has 0 N–H and O–H groups in total. The van der Waals surface area contributed by atoms with Crippen LogP contribution >= 0.6 is 0 Å². The number of aryl methyl sites for hydroxylation is 2. The predicted octanol–water partition coefficient (Wildman–Crippen LogP) is 2.47. The highest BCUT2D eigenvalue weighted by Crippen LogP contribution is 2.24. The number of carbonyl (C=O) groups excluding carboxylic acids is 1. The molecule has 76 valence electrons. The van der Waals surface area contributed by atoms with E-state index in [-0.39, 0.29) is 0 Å². The van der Waals surface area contributed by atoms with Crippen molar-refractivity contribution < 1.29 is 4.79 Å². The van der Waals surface area contributed by atoms with Crippen LogP contribution in [0.4, 0.5) is 0 Å². The fourth-order valence-corrected chi connectivity index (χ4v) is 2.36. The summed E-state index contributed by atoms with van der Waals surface area (Å²) in [6.07, 6.45) is 1.60. The van der Waals surface area contributed by atoms with Gasteiger partial charge in [-0.1, -0.05) is 11.6 Å². The fraction of sp³-hybridized carbons (Fsp3) is 0.308. The van der Waals surface area contributed by atoms with Gasteiger partial charge in [-0.3, -0.25) is 4.79 Å². The molecule has 0 spiro atoms. The molecule has 1 aromatic carbocycles. The van der Waals surface area contributed by atoms with Crippen LogP contribution in [0.3, 0.4) is 0 Å². The van der Waals surface area contributed by atoms with Gasteiger partial charge in [0.25, 0.3) is 0 Å². The van der Waals surface area contributed by atoms with Gasteiger partial charge in [0.2, 0.25) is 0 Å². The largest absolute Gasteiger partial charge is 0.337 e. The highest BCUT2D eigenvalue weighted by atomic mass is 16.1. The van der Waals surface area contributed by atoms with Gasteiger partial charge in [-0.05, 0) is 31.5 Å². The van der Waals surface area contributed by atoms with E-state index >= 15 is 0 Å². The summed E-state index contributed by atoms with van der Waals surface area (Å²) in [7, 11) is 0. The summed E-state index contributed by atoms with van der Waals surface area (Å²) in [6, 6.07) is 8.63. The molecule has 0 amide bonds. The zero-order valence-corrected chi connectivity index (χ0v) is 8.79. The molecule has 2 aromatic rings. The summed E-state index contributed by atoms with van der Waals surface area (Å²) < 4.78 is 2.15. The zero-order valence-electron chi connectivity index (χ0n) is 8.79. The SMILES string of the molecule is Cc1ccc2c(c1)cc1n2CC(=O)CC1. The van der Waals surface area contributed by atoms with Crippen LogP contribution < -0.4 is 0 Å². The van der Waals surface area contributed by atoms with Crippen LogP contribution in [-0.2, 0) is 17.8 Å². The van der Waals surface area contributed by atoms with Crippen LogP contribution in [0.2, 0.25) is 0 Å². The topological polar surface area (TPSA) is 22.0 Å². The summed E-state index contributed by atoms with van der Waals surface area (Å²) in [4.78, 5) is 11.4. The molecule has 0 atom stereocenters. The minimum atomic E-state index is 0.348. The molecule has 2 nitrogen and oxygen atoms in total. The summed E-state index contributed by atoms with van der Waals surface area (Å²) in [5.41, 5.74) is 3.77. The highest BCUT2D eigenvalue weighted by Gasteiger charge is 2.17. The maximum absolute atomic E-state index is 11.4. The van der Waals surface area contributed by atoms with Gasteiger partial charge >= 0.3 is 0 Å². The number of carbonyl (C=O) groups is 1. The zero-order chi connectivity index (χ0) is 10.4. The third kappa shape index (κ3) is 1.29. The second-order valence-corrected chi connectivity index (χ2v) is 4.32. The molecular formula is C13H13NO. The van der Waals surface area contributed by atoms with E-state index in [1.807, 2.05) is 0 Å². The van der Waals surface area contributed by atoms with Crippen molar-refractivity contribution in [3.8, 4) is 0 Å². The lowest BCUT2D eigenvalue weighted by molar-refractivity contribution is -0.120. The Hall–Kier alpha value is -1.57. The molecule has 2 heteroatoms. The number of Topliss-reactive ketones (excluding diaryl/α,β-unsaturated/α-hetero) is 1. The Morgan fingerprint density at radius 1 is 1.20 bits per heavy atom. The Labute approximate surface area is 88.5 Å². The lowest BCUT2D eigenvalue weighted by atomic mass is 10.1. The second-order valence-electron chi connectivity index (χ2n) is 4.32. The average Bonchev–Trinajstić information content (AvgIpc) is 2.54. The standard InChI is InChI=1S/C13H13NO/c1-9-2-5-13-10(6-9)7-11-3-4-12(15)8-14(11)13/h2,5-7H,3-4,8H2,1H3. The number of ketones is 1. The molecule has 1 aromatic heterocycles. The first-order valence-corrected chi connectivity index (χ1v) is 5.34. The van der Waals surface area contributed by atoms with Gasteiger partial charge in [0, 0.05) is 23.0 Å². The monoisotopic (exact) mass is 199 g/mol. The number of hydrogen-bond donors (Lipinski definition) is 0. The molecule has 1 aliphatic rings. The van der Waals surface area contributed by atoms with Crippen LogP contribution in [0, 0.1) is 6.92 Å². The third-order valence-corrected chi connectivity index (χ3v) is 3.14. The van der Waals surface area contributed by atoms with Crippen LogP contribution in [0.25, 0.3) is 10.9 Å². The number of nitrogens with zero attached hydrogens (tertiary/aromatic N) is 1. The average molecular weight is 199 g/mol. The maximum Gasteiger partial charge on any atom is 0.152 e. The van der Waals surface area contributed by atoms with Crippen LogP contribution in [-0.4, -0.2) is 10.4 Å². The summed E-state index contributed by atoms with van der Waals surface area (Å²) in [5, 5.41) is 1.26. The van der Waals surface area contributed by atoms with Crippen molar-refractivity contribution in [2.45, 2.75) is 26.3 Å². The van der Waals surface area contributed by atoms with Gasteiger partial charge < -0.3 is 4.57 Å². The van der Waals surface area contributed by atoms with Crippen LogP contribution in [0.15, 0.2) is 24.3 Å². The van der Waals surface area contributed by atoms with E-state index in [0.29, 0.717) is 18.7 Å². The Morgan fingerprint density at radius 3 is 2.93 bits per heavy atom. The summed E-state index contributed by atoms with van der Waals surface area (Å²) >= 11 is 0. The molecule has 0 aliphatic carbocycles. The molecule has 15 heavy (non-hydrogen) atoms. The van der Waals surface area contributed by atoms with Crippen molar-refractivity contribution in [3.05, 3.63) is 35.5 Å². The van der Waals surface area contributed by atoms with E-state index < -0.39 is 0 Å². The van der Waals surface area contributed by atoms with E-state index in [4.69, 9.17) is 0 Å². The molecule has 1 aliphatic heterocycles. The lowest BCUT2D eigenvalue weighted by Gasteiger charge is -2.14. The van der Waals surface area contributed by atoms with Crippen molar-refractivity contribution in [3.63, 3.8) is 0 Å². The molecule has 0 fully saturated rings. The van der Waals surface area contributed by atoms with Gasteiger partial charge in [0.1, 0.15) is 0 Å². The minimum Gasteiger partial charge on any atom is -0.337 e. The Kier molecular flexibility index (Phi) is 1.72. The molecule has 0 saturated heterocycles. The third-order valence-electron chi connectivity index (χ3n) is 3.14. The normalized spacial score (nSPS) is 15.7. The van der Waals surface area contributed by atoms with Crippen molar-refractivity contribution in [1.29, 1.82) is 0 Å². The first-order chi connectivity index (χ1) is 7.24. The molecule has 0 saturated carbocycles. The van der Waals surface area contributed by atoms with Gasteiger partial charge in [0.15, 0.2) is 5.78 Å². The van der Waals surface area contributed by atoms with E-state index in [0.717, 1.165) is 6.42 Å². The lowest BCUT2D eigenvalue weighted by Crippen LogP contribution is -2.18. The quantitative estimate of drug-likeness (QED) is 0.638. The fourth-order valence-electron chi connectivity index (χ4n) is 2.36. The molecule has 0 bridgehead atoms. The number of aromatic nitrogens is 1. The predicted molar refractivity (Wildman–Crippen MR) is 60.0 cm³/mol. The Morgan fingerprint density at radius 2 is 2.07 bits per heavy atom. The Balaban J connectivity index is 2.28. The van der Waals surface area contributed by atoms with Gasteiger partial charge in [0.05, 0.1) is 6.54 Å². The molecular weight excluding hydrogens is 186 g/mol. The number of hydrogen-bond acceptors (Lipinski definition) is 1. The minimum absolute atomic E-state index is 0.348. The van der Waals surface area contributed by atoms with Crippen molar-refractivity contribution in [2.24, 2.45) is 0 Å². The number of fused-ring (bicyclic) bond motifs is 3. The van der Waals surface area contributed by atoms with Gasteiger partial charge in [-0.2, -0.15) is 0 Å². The molecule has 0 unspecified atom stereocenters. The summed E-state index contributed by atoms with van der Waals surface area (Å²) in [6.45, 7) is 2.66. The van der Waals surface area contributed by atoms with E-state index in [1.165, 1.54) is 22.2 Å². The van der Waals surface area contributed by atoms with E-state index in [2.05, 4.69) is 35.8 Å². The van der Waals surface area contributed by atoms with Crippen molar-refractivity contribution in [1.82, 2.24) is 4.57 Å². The summed E-state index contributed by atoms with van der Waals surface area (Å²) in [5.74, 6) is 0.348. The molecule has 2 heterocycles. The molecule has 3 rings (SSSR count). The molecule has 0 radical (unpaired) electrons. The van der Waals surface area contributed by atoms with Crippen molar-refractivity contribution in [2.75, 3.05) is 0 Å². The van der Waals surface area contributed by atoms with Crippen LogP contribution in [0.1, 0.15) is 17.7 Å². The van der Waals surface area contributed by atoms with Crippen LogP contribution in [0.5, 0.6) is 0 Å². The first-order valence-electron chi connectivity index (χ1n) is 5.34. The Bertz CT molecular complexity index is 551. The van der Waals surface area contributed by atoms with Gasteiger partial charge in [-0.25, -0.2) is 0 Å². The van der Waals surface area contributed by atoms with Gasteiger partial charge in [-0.15, -0.1) is 0 Å².